The van der Waals surface area contributed by atoms with Crippen LogP contribution in [-0.2, 0) is 4.79 Å². The van der Waals surface area contributed by atoms with Crippen LogP contribution in [0.1, 0.15) is 36.8 Å². The summed E-state index contributed by atoms with van der Waals surface area (Å²) < 4.78 is 0. The maximum Gasteiger partial charge on any atom is 0.222 e. The fourth-order valence-electron chi connectivity index (χ4n) is 3.63. The van der Waals surface area contributed by atoms with E-state index >= 15 is 0 Å². The lowest BCUT2D eigenvalue weighted by atomic mass is 10.1. The molecule has 1 fully saturated rings. The number of hydrogen-bond acceptors (Lipinski definition) is 5. The van der Waals surface area contributed by atoms with Gasteiger partial charge in [-0.3, -0.25) is 9.69 Å². The highest BCUT2D eigenvalue weighted by atomic mass is 32.1. The Morgan fingerprint density at radius 2 is 1.79 bits per heavy atom. The number of nitrogens with zero attached hydrogens (tertiary/aromatic N) is 2. The van der Waals surface area contributed by atoms with Crippen LogP contribution in [0.25, 0.3) is 0 Å². The van der Waals surface area contributed by atoms with E-state index in [1.165, 1.54) is 0 Å². The molecule has 1 aliphatic rings. The molecule has 2 N–H and O–H groups in total. The number of aliphatic hydroxyl groups is 1. The van der Waals surface area contributed by atoms with Crippen molar-refractivity contribution in [1.29, 1.82) is 0 Å². The van der Waals surface area contributed by atoms with Crippen LogP contribution >= 0.6 is 11.3 Å². The van der Waals surface area contributed by atoms with Gasteiger partial charge in [-0.15, -0.1) is 11.3 Å². The predicted molar refractivity (Wildman–Crippen MR) is 115 cm³/mol. The molecular formula is C22H31N3O2S. The lowest BCUT2D eigenvalue weighted by Crippen LogP contribution is -2.50. The first-order chi connectivity index (χ1) is 13.4. The average Bonchev–Trinajstić information content (AvgIpc) is 3.19. The molecule has 0 aliphatic carbocycles. The Morgan fingerprint density at radius 1 is 1.11 bits per heavy atom. The quantitative estimate of drug-likeness (QED) is 0.714. The van der Waals surface area contributed by atoms with Crippen LogP contribution in [0.2, 0.25) is 0 Å². The third-order valence-corrected chi connectivity index (χ3v) is 5.93. The molecule has 2 aromatic rings. The first-order valence-electron chi connectivity index (χ1n) is 9.95. The van der Waals surface area contributed by atoms with Gasteiger partial charge >= 0.3 is 0 Å². The second kappa shape index (κ2) is 9.65. The maximum atomic E-state index is 12.6. The molecule has 0 radical (unpaired) electrons. The summed E-state index contributed by atoms with van der Waals surface area (Å²) in [6, 6.07) is 14.1. The molecular weight excluding hydrogens is 370 g/mol. The summed E-state index contributed by atoms with van der Waals surface area (Å²) in [5.41, 5.74) is 0.453. The van der Waals surface area contributed by atoms with Crippen molar-refractivity contribution >= 4 is 17.2 Å². The van der Waals surface area contributed by atoms with E-state index in [1.807, 2.05) is 43.5 Å². The summed E-state index contributed by atoms with van der Waals surface area (Å²) in [6.45, 7) is 8.92. The van der Waals surface area contributed by atoms with Gasteiger partial charge < -0.3 is 15.3 Å². The van der Waals surface area contributed by atoms with E-state index in [0.29, 0.717) is 13.0 Å². The van der Waals surface area contributed by atoms with E-state index in [2.05, 4.69) is 33.3 Å². The molecule has 2 heterocycles. The lowest BCUT2D eigenvalue weighted by molar-refractivity contribution is -0.122. The molecule has 1 saturated heterocycles. The van der Waals surface area contributed by atoms with Crippen LogP contribution in [0.4, 0.5) is 0 Å². The molecule has 1 unspecified atom stereocenters. The smallest absolute Gasteiger partial charge is 0.222 e. The molecule has 1 atom stereocenters. The normalized spacial score (nSPS) is 17.4. The molecule has 0 bridgehead atoms. The Labute approximate surface area is 172 Å². The molecule has 0 saturated carbocycles. The van der Waals surface area contributed by atoms with Crippen LogP contribution in [0.15, 0.2) is 47.8 Å². The van der Waals surface area contributed by atoms with Crippen LogP contribution < -0.4 is 5.32 Å². The number of hydrogen-bond donors (Lipinski definition) is 2. The number of benzene rings is 1. The number of carbonyl (C=O) groups excluding carboxylic acids is 1. The zero-order valence-corrected chi connectivity index (χ0v) is 17.6. The minimum atomic E-state index is -0.656. The standard InChI is InChI=1S/C22H31N3O2S/c1-22(2,27)17-25-14-12-24(13-15-25)11-10-20(26)23-21(19-9-6-16-28-19)18-7-4-3-5-8-18/h3-9,16,21,27H,10-15,17H2,1-2H3,(H,23,26). The monoisotopic (exact) mass is 401 g/mol. The highest BCUT2D eigenvalue weighted by molar-refractivity contribution is 7.10. The van der Waals surface area contributed by atoms with E-state index in [4.69, 9.17) is 0 Å². The van der Waals surface area contributed by atoms with Crippen molar-refractivity contribution in [2.24, 2.45) is 0 Å². The molecule has 1 aliphatic heterocycles. The van der Waals surface area contributed by atoms with E-state index in [-0.39, 0.29) is 11.9 Å². The van der Waals surface area contributed by atoms with Crippen molar-refractivity contribution in [3.05, 3.63) is 58.3 Å². The van der Waals surface area contributed by atoms with Gasteiger partial charge in [-0.2, -0.15) is 0 Å². The predicted octanol–water partition coefficient (Wildman–Crippen LogP) is 2.73. The van der Waals surface area contributed by atoms with E-state index < -0.39 is 5.60 Å². The van der Waals surface area contributed by atoms with Crippen molar-refractivity contribution in [2.45, 2.75) is 31.9 Å². The zero-order valence-electron chi connectivity index (χ0n) is 16.8. The number of nitrogens with one attached hydrogen (secondary N) is 1. The van der Waals surface area contributed by atoms with Crippen molar-refractivity contribution in [3.8, 4) is 0 Å². The second-order valence-electron chi connectivity index (χ2n) is 8.11. The minimum absolute atomic E-state index is 0.0844. The Balaban J connectivity index is 1.48. The summed E-state index contributed by atoms with van der Waals surface area (Å²) in [4.78, 5) is 18.4. The number of β-amino-alcohol motifs (C(OH)–C–C–N with tert-alkyl or cyclic N) is 1. The molecule has 1 aromatic carbocycles. The van der Waals surface area contributed by atoms with Gasteiger partial charge in [-0.05, 0) is 30.9 Å². The zero-order chi connectivity index (χ0) is 20.0. The maximum absolute atomic E-state index is 12.6. The van der Waals surface area contributed by atoms with Crippen molar-refractivity contribution in [2.75, 3.05) is 39.3 Å². The first kappa shape index (κ1) is 21.0. The third kappa shape index (κ3) is 6.41. The van der Waals surface area contributed by atoms with E-state index in [0.717, 1.165) is 43.2 Å². The Kier molecular flexibility index (Phi) is 7.24. The molecule has 3 rings (SSSR count). The fraction of sp³-hybridized carbons (Fsp3) is 0.500. The van der Waals surface area contributed by atoms with Gasteiger partial charge in [0.2, 0.25) is 5.91 Å². The highest BCUT2D eigenvalue weighted by Crippen LogP contribution is 2.26. The highest BCUT2D eigenvalue weighted by Gasteiger charge is 2.23. The summed E-state index contributed by atoms with van der Waals surface area (Å²) in [6.07, 6.45) is 0.500. The van der Waals surface area contributed by atoms with E-state index in [9.17, 15) is 9.90 Å². The Hall–Kier alpha value is -1.73. The van der Waals surface area contributed by atoms with Crippen LogP contribution in [0, 0.1) is 0 Å². The Bertz CT molecular complexity index is 720. The number of amides is 1. The molecule has 0 spiro atoms. The average molecular weight is 402 g/mol. The summed E-state index contributed by atoms with van der Waals surface area (Å²) in [7, 11) is 0. The summed E-state index contributed by atoms with van der Waals surface area (Å²) in [5, 5.41) is 15.2. The van der Waals surface area contributed by atoms with Crippen molar-refractivity contribution in [3.63, 3.8) is 0 Å². The van der Waals surface area contributed by atoms with Gasteiger partial charge in [-0.25, -0.2) is 0 Å². The van der Waals surface area contributed by atoms with Crippen LogP contribution in [0.3, 0.4) is 0 Å². The minimum Gasteiger partial charge on any atom is -0.389 e. The number of thiophene rings is 1. The van der Waals surface area contributed by atoms with Gasteiger partial charge in [0.1, 0.15) is 0 Å². The molecule has 6 heteroatoms. The van der Waals surface area contributed by atoms with Gasteiger partial charge in [0, 0.05) is 50.6 Å². The summed E-state index contributed by atoms with van der Waals surface area (Å²) in [5.74, 6) is 0.0844. The summed E-state index contributed by atoms with van der Waals surface area (Å²) >= 11 is 1.67. The SMILES string of the molecule is CC(C)(O)CN1CCN(CCC(=O)NC(c2ccccc2)c2cccs2)CC1. The molecule has 28 heavy (non-hydrogen) atoms. The Morgan fingerprint density at radius 3 is 2.39 bits per heavy atom. The molecule has 1 aromatic heterocycles. The molecule has 152 valence electrons. The van der Waals surface area contributed by atoms with Gasteiger partial charge in [-0.1, -0.05) is 36.4 Å². The van der Waals surface area contributed by atoms with E-state index in [1.54, 1.807) is 11.3 Å². The number of piperazine rings is 1. The molecule has 1 amide bonds. The lowest BCUT2D eigenvalue weighted by Gasteiger charge is -2.37. The first-order valence-corrected chi connectivity index (χ1v) is 10.8. The number of carbonyl (C=O) groups is 1. The topological polar surface area (TPSA) is 55.8 Å². The van der Waals surface area contributed by atoms with Crippen molar-refractivity contribution in [1.82, 2.24) is 15.1 Å². The largest absolute Gasteiger partial charge is 0.389 e. The second-order valence-corrected chi connectivity index (χ2v) is 9.09. The van der Waals surface area contributed by atoms with Gasteiger partial charge in [0.05, 0.1) is 11.6 Å². The van der Waals surface area contributed by atoms with Crippen molar-refractivity contribution < 1.29 is 9.90 Å². The van der Waals surface area contributed by atoms with Gasteiger partial charge in [0.15, 0.2) is 0 Å². The third-order valence-electron chi connectivity index (χ3n) is 5.00. The van der Waals surface area contributed by atoms with Gasteiger partial charge in [0.25, 0.3) is 0 Å². The molecule has 5 nitrogen and oxygen atoms in total. The van der Waals surface area contributed by atoms with Crippen LogP contribution in [-0.4, -0.2) is 65.7 Å². The fourth-order valence-corrected chi connectivity index (χ4v) is 4.43. The number of rotatable bonds is 8. The van der Waals surface area contributed by atoms with Crippen LogP contribution in [0.5, 0.6) is 0 Å².